The molecule has 0 radical (unpaired) electrons. The van der Waals surface area contributed by atoms with Crippen molar-refractivity contribution in [3.8, 4) is 11.4 Å². The molecule has 3 aromatic rings. The van der Waals surface area contributed by atoms with Crippen molar-refractivity contribution in [2.45, 2.75) is 6.92 Å². The first-order valence-corrected chi connectivity index (χ1v) is 5.46. The smallest absolute Gasteiger partial charge is 0.0961 e. The van der Waals surface area contributed by atoms with Gasteiger partial charge in [0.2, 0.25) is 0 Å². The minimum Gasteiger partial charge on any atom is -0.265 e. The van der Waals surface area contributed by atoms with Crippen LogP contribution in [0.2, 0.25) is 0 Å². The molecule has 0 aliphatic carbocycles. The molecular weight excluding hydrogens is 212 g/mol. The van der Waals surface area contributed by atoms with Crippen molar-refractivity contribution in [2.24, 2.45) is 7.05 Å². The lowest BCUT2D eigenvalue weighted by atomic mass is 10.1. The van der Waals surface area contributed by atoms with Crippen LogP contribution in [0, 0.1) is 6.92 Å². The van der Waals surface area contributed by atoms with Gasteiger partial charge in [-0.2, -0.15) is 5.10 Å². The maximum atomic E-state index is 4.47. The number of hydrogen-bond acceptors (Lipinski definition) is 3. The number of aryl methyl sites for hydroxylation is 2. The SMILES string of the molecule is Cc1cccnc1-c1c2cnccc2nn1C. The van der Waals surface area contributed by atoms with Crippen LogP contribution in [0.25, 0.3) is 22.3 Å². The molecule has 0 saturated carbocycles. The minimum absolute atomic E-state index is 0.947. The third-order valence-corrected chi connectivity index (χ3v) is 2.87. The summed E-state index contributed by atoms with van der Waals surface area (Å²) < 4.78 is 1.86. The number of aromatic nitrogens is 4. The van der Waals surface area contributed by atoms with Gasteiger partial charge >= 0.3 is 0 Å². The molecule has 3 aromatic heterocycles. The summed E-state index contributed by atoms with van der Waals surface area (Å²) in [7, 11) is 1.93. The van der Waals surface area contributed by atoms with Crippen molar-refractivity contribution in [2.75, 3.05) is 0 Å². The highest BCUT2D eigenvalue weighted by Crippen LogP contribution is 2.27. The Labute approximate surface area is 98.9 Å². The Morgan fingerprint density at radius 1 is 1.18 bits per heavy atom. The minimum atomic E-state index is 0.947. The highest BCUT2D eigenvalue weighted by Gasteiger charge is 2.13. The molecular formula is C13H12N4. The molecule has 4 nitrogen and oxygen atoms in total. The number of fused-ring (bicyclic) bond motifs is 1. The Morgan fingerprint density at radius 2 is 2.06 bits per heavy atom. The lowest BCUT2D eigenvalue weighted by molar-refractivity contribution is 0.784. The molecule has 84 valence electrons. The summed E-state index contributed by atoms with van der Waals surface area (Å²) in [5, 5.41) is 5.51. The Kier molecular flexibility index (Phi) is 2.14. The van der Waals surface area contributed by atoms with Crippen LogP contribution in [-0.4, -0.2) is 19.7 Å². The number of hydrogen-bond donors (Lipinski definition) is 0. The van der Waals surface area contributed by atoms with Crippen molar-refractivity contribution in [1.29, 1.82) is 0 Å². The summed E-state index contributed by atoms with van der Waals surface area (Å²) in [4.78, 5) is 8.60. The van der Waals surface area contributed by atoms with Gasteiger partial charge in [-0.3, -0.25) is 14.6 Å². The topological polar surface area (TPSA) is 43.6 Å². The third-order valence-electron chi connectivity index (χ3n) is 2.87. The van der Waals surface area contributed by atoms with Crippen LogP contribution in [0.3, 0.4) is 0 Å². The highest BCUT2D eigenvalue weighted by atomic mass is 15.3. The van der Waals surface area contributed by atoms with Crippen LogP contribution < -0.4 is 0 Å². The van der Waals surface area contributed by atoms with E-state index in [1.165, 1.54) is 0 Å². The van der Waals surface area contributed by atoms with Crippen LogP contribution in [0.15, 0.2) is 36.8 Å². The van der Waals surface area contributed by atoms with Crippen LogP contribution >= 0.6 is 0 Å². The van der Waals surface area contributed by atoms with E-state index < -0.39 is 0 Å². The average Bonchev–Trinajstić information content (AvgIpc) is 2.66. The van der Waals surface area contributed by atoms with Gasteiger partial charge in [-0.15, -0.1) is 0 Å². The van der Waals surface area contributed by atoms with Crippen molar-refractivity contribution in [1.82, 2.24) is 19.7 Å². The van der Waals surface area contributed by atoms with Gasteiger partial charge in [-0.25, -0.2) is 0 Å². The maximum Gasteiger partial charge on any atom is 0.0961 e. The van der Waals surface area contributed by atoms with E-state index in [1.807, 2.05) is 30.1 Å². The Bertz CT molecular complexity index is 685. The van der Waals surface area contributed by atoms with E-state index in [2.05, 4.69) is 28.1 Å². The second kappa shape index (κ2) is 3.66. The third kappa shape index (κ3) is 1.49. The average molecular weight is 224 g/mol. The Balaban J connectivity index is 2.38. The fraction of sp³-hybridized carbons (Fsp3) is 0.154. The normalized spacial score (nSPS) is 10.9. The zero-order valence-electron chi connectivity index (χ0n) is 9.75. The summed E-state index contributed by atoms with van der Waals surface area (Å²) >= 11 is 0. The van der Waals surface area contributed by atoms with Gasteiger partial charge in [0, 0.05) is 31.0 Å². The molecule has 0 spiro atoms. The predicted octanol–water partition coefficient (Wildman–Crippen LogP) is 2.34. The molecule has 3 rings (SSSR count). The highest BCUT2D eigenvalue weighted by molar-refractivity contribution is 5.92. The molecule has 0 aliphatic heterocycles. The van der Waals surface area contributed by atoms with E-state index in [0.29, 0.717) is 0 Å². The van der Waals surface area contributed by atoms with Gasteiger partial charge in [0.15, 0.2) is 0 Å². The van der Waals surface area contributed by atoms with Crippen molar-refractivity contribution >= 4 is 10.9 Å². The van der Waals surface area contributed by atoms with E-state index in [4.69, 9.17) is 0 Å². The van der Waals surface area contributed by atoms with E-state index in [9.17, 15) is 0 Å². The van der Waals surface area contributed by atoms with Gasteiger partial charge < -0.3 is 0 Å². The first kappa shape index (κ1) is 9.96. The lowest BCUT2D eigenvalue weighted by Gasteiger charge is -2.04. The number of rotatable bonds is 1. The zero-order chi connectivity index (χ0) is 11.8. The molecule has 0 fully saturated rings. The number of nitrogens with zero attached hydrogens (tertiary/aromatic N) is 4. The fourth-order valence-electron chi connectivity index (χ4n) is 2.06. The molecule has 0 amide bonds. The van der Waals surface area contributed by atoms with Gasteiger partial charge in [-0.1, -0.05) is 6.07 Å². The summed E-state index contributed by atoms with van der Waals surface area (Å²) in [5.74, 6) is 0. The molecule has 4 heteroatoms. The Morgan fingerprint density at radius 3 is 2.88 bits per heavy atom. The van der Waals surface area contributed by atoms with Crippen LogP contribution in [-0.2, 0) is 7.05 Å². The molecule has 0 atom stereocenters. The zero-order valence-corrected chi connectivity index (χ0v) is 9.75. The van der Waals surface area contributed by atoms with Gasteiger partial charge in [-0.05, 0) is 24.6 Å². The first-order valence-electron chi connectivity index (χ1n) is 5.46. The fourth-order valence-corrected chi connectivity index (χ4v) is 2.06. The van der Waals surface area contributed by atoms with Crippen LogP contribution in [0.5, 0.6) is 0 Å². The van der Waals surface area contributed by atoms with Crippen LogP contribution in [0.1, 0.15) is 5.56 Å². The summed E-state index contributed by atoms with van der Waals surface area (Å²) in [6, 6.07) is 5.91. The molecule has 0 bridgehead atoms. The van der Waals surface area contributed by atoms with E-state index in [0.717, 1.165) is 27.9 Å². The largest absolute Gasteiger partial charge is 0.265 e. The summed E-state index contributed by atoms with van der Waals surface area (Å²) in [5.41, 5.74) is 4.07. The van der Waals surface area contributed by atoms with E-state index in [-0.39, 0.29) is 0 Å². The molecule has 3 heterocycles. The Hall–Kier alpha value is -2.23. The second-order valence-electron chi connectivity index (χ2n) is 4.03. The van der Waals surface area contributed by atoms with E-state index in [1.54, 1.807) is 12.4 Å². The quantitative estimate of drug-likeness (QED) is 0.637. The molecule has 0 unspecified atom stereocenters. The maximum absolute atomic E-state index is 4.47. The van der Waals surface area contributed by atoms with Crippen LogP contribution in [0.4, 0.5) is 0 Å². The van der Waals surface area contributed by atoms with E-state index >= 15 is 0 Å². The first-order chi connectivity index (χ1) is 8.27. The second-order valence-corrected chi connectivity index (χ2v) is 4.03. The predicted molar refractivity (Wildman–Crippen MR) is 66.5 cm³/mol. The molecule has 0 aromatic carbocycles. The van der Waals surface area contributed by atoms with Crippen molar-refractivity contribution in [3.63, 3.8) is 0 Å². The summed E-state index contributed by atoms with van der Waals surface area (Å²) in [6.07, 6.45) is 5.40. The lowest BCUT2D eigenvalue weighted by Crippen LogP contribution is -1.97. The van der Waals surface area contributed by atoms with Crippen molar-refractivity contribution in [3.05, 3.63) is 42.4 Å². The molecule has 0 saturated heterocycles. The monoisotopic (exact) mass is 224 g/mol. The van der Waals surface area contributed by atoms with Gasteiger partial charge in [0.05, 0.1) is 16.9 Å². The van der Waals surface area contributed by atoms with Gasteiger partial charge in [0.25, 0.3) is 0 Å². The summed E-state index contributed by atoms with van der Waals surface area (Å²) in [6.45, 7) is 2.05. The van der Waals surface area contributed by atoms with Gasteiger partial charge in [0.1, 0.15) is 0 Å². The standard InChI is InChI=1S/C13H12N4/c1-9-4-3-6-15-12(9)13-10-8-14-7-5-11(10)16-17(13)2/h3-8H,1-2H3. The molecule has 0 N–H and O–H groups in total. The molecule has 17 heavy (non-hydrogen) atoms. The molecule has 0 aliphatic rings. The van der Waals surface area contributed by atoms with Crippen molar-refractivity contribution < 1.29 is 0 Å². The number of pyridine rings is 2.